The van der Waals surface area contributed by atoms with E-state index in [0.29, 0.717) is 18.5 Å². The zero-order chi connectivity index (χ0) is 19.8. The maximum atomic E-state index is 13.1. The first-order valence-corrected chi connectivity index (χ1v) is 10.5. The van der Waals surface area contributed by atoms with Gasteiger partial charge in [-0.1, -0.05) is 35.8 Å². The molecule has 0 unspecified atom stereocenters. The highest BCUT2D eigenvalue weighted by Gasteiger charge is 2.31. The van der Waals surface area contributed by atoms with E-state index in [-0.39, 0.29) is 17.5 Å². The van der Waals surface area contributed by atoms with Crippen molar-refractivity contribution < 1.29 is 4.79 Å². The van der Waals surface area contributed by atoms with Crippen LogP contribution in [0.25, 0.3) is 10.1 Å². The van der Waals surface area contributed by atoms with Crippen molar-refractivity contribution >= 4 is 33.2 Å². The molecule has 0 radical (unpaired) electrons. The summed E-state index contributed by atoms with van der Waals surface area (Å²) in [5, 5.41) is 0.685. The quantitative estimate of drug-likeness (QED) is 0.680. The third-order valence-corrected chi connectivity index (χ3v) is 6.73. The van der Waals surface area contributed by atoms with Crippen molar-refractivity contribution in [3.8, 4) is 0 Å². The van der Waals surface area contributed by atoms with Gasteiger partial charge < -0.3 is 9.80 Å². The molecule has 6 heteroatoms. The number of piperazine rings is 1. The molecule has 0 spiro atoms. The highest BCUT2D eigenvalue weighted by Crippen LogP contribution is 2.24. The second-order valence-electron chi connectivity index (χ2n) is 7.56. The monoisotopic (exact) mass is 395 g/mol. The zero-order valence-corrected chi connectivity index (χ0v) is 17.3. The van der Waals surface area contributed by atoms with Crippen LogP contribution in [0.3, 0.4) is 0 Å². The lowest BCUT2D eigenvalue weighted by atomic mass is 10.1. The fourth-order valence-corrected chi connectivity index (χ4v) is 4.99. The molecule has 0 N–H and O–H groups in total. The predicted octanol–water partition coefficient (Wildman–Crippen LogP) is 3.67. The molecule has 28 heavy (non-hydrogen) atoms. The van der Waals surface area contributed by atoms with Gasteiger partial charge in [-0.25, -0.2) is 0 Å². The summed E-state index contributed by atoms with van der Waals surface area (Å²) in [6.07, 6.45) is 0. The molecule has 3 aromatic rings. The summed E-state index contributed by atoms with van der Waals surface area (Å²) in [6.45, 7) is 8.20. The third-order valence-electron chi connectivity index (χ3n) is 5.50. The minimum absolute atomic E-state index is 0.0180. The first-order valence-electron chi connectivity index (χ1n) is 9.68. The van der Waals surface area contributed by atoms with E-state index in [9.17, 15) is 9.59 Å². The van der Waals surface area contributed by atoms with E-state index in [1.807, 2.05) is 36.1 Å². The molecular weight excluding hydrogens is 370 g/mol. The largest absolute Gasteiger partial charge is 0.365 e. The average Bonchev–Trinajstić information content (AvgIpc) is 3.03. The molecule has 1 aliphatic heterocycles. The Labute approximate surface area is 169 Å². The van der Waals surface area contributed by atoms with Crippen molar-refractivity contribution in [2.24, 2.45) is 0 Å². The molecule has 2 heterocycles. The zero-order valence-electron chi connectivity index (χ0n) is 16.5. The molecule has 2 atom stereocenters. The summed E-state index contributed by atoms with van der Waals surface area (Å²) in [5.74, 6) is 0.0180. The minimum atomic E-state index is -0.484. The number of aryl methyl sites for hydroxylation is 1. The lowest BCUT2D eigenvalue weighted by Crippen LogP contribution is -2.55. The number of amides is 1. The topological polar surface area (TPSA) is 45.5 Å². The van der Waals surface area contributed by atoms with Gasteiger partial charge in [0, 0.05) is 31.4 Å². The second-order valence-corrected chi connectivity index (χ2v) is 8.58. The van der Waals surface area contributed by atoms with Gasteiger partial charge in [0.2, 0.25) is 5.91 Å². The Morgan fingerprint density at radius 2 is 1.93 bits per heavy atom. The Hall–Kier alpha value is -2.60. The lowest BCUT2D eigenvalue weighted by molar-refractivity contribution is -0.134. The number of rotatable bonds is 3. The fraction of sp³-hybridized carbons (Fsp3) is 0.364. The molecule has 0 saturated carbocycles. The van der Waals surface area contributed by atoms with Crippen molar-refractivity contribution in [2.45, 2.75) is 32.9 Å². The third kappa shape index (κ3) is 3.33. The molecule has 0 aliphatic carbocycles. The fourth-order valence-electron chi connectivity index (χ4n) is 3.96. The van der Waals surface area contributed by atoms with Gasteiger partial charge in [-0.05, 0) is 50.6 Å². The van der Waals surface area contributed by atoms with Crippen LogP contribution in [0.5, 0.6) is 0 Å². The van der Waals surface area contributed by atoms with E-state index >= 15 is 0 Å². The second kappa shape index (κ2) is 7.43. The van der Waals surface area contributed by atoms with Gasteiger partial charge in [-0.2, -0.15) is 0 Å². The van der Waals surface area contributed by atoms with Crippen molar-refractivity contribution in [3.63, 3.8) is 0 Å². The standard InChI is InChI=1S/C22H25N3O2S/c1-15-7-6-8-18(13-15)24-12-11-23(14-16(24)2)21(26)17(3)25-22(27)19-9-4-5-10-20(19)28-25/h4-10,13,16-17H,11-12,14H2,1-3H3/t16-,17-/m1/s1. The molecule has 5 nitrogen and oxygen atoms in total. The van der Waals surface area contributed by atoms with Gasteiger partial charge in [0.25, 0.3) is 5.56 Å². The minimum Gasteiger partial charge on any atom is -0.365 e. The Kier molecular flexibility index (Phi) is 4.98. The average molecular weight is 396 g/mol. The first kappa shape index (κ1) is 18.7. The Morgan fingerprint density at radius 1 is 1.14 bits per heavy atom. The van der Waals surface area contributed by atoms with Crippen molar-refractivity contribution in [2.75, 3.05) is 24.5 Å². The SMILES string of the molecule is Cc1cccc(N2CCN(C(=O)[C@@H](C)n3sc4ccccc4c3=O)C[C@H]2C)c1. The van der Waals surface area contributed by atoms with Gasteiger partial charge >= 0.3 is 0 Å². The van der Waals surface area contributed by atoms with E-state index in [4.69, 9.17) is 0 Å². The molecule has 1 aromatic heterocycles. The van der Waals surface area contributed by atoms with Crippen LogP contribution in [0, 0.1) is 6.92 Å². The van der Waals surface area contributed by atoms with Crippen LogP contribution in [-0.2, 0) is 4.79 Å². The maximum absolute atomic E-state index is 13.1. The van der Waals surface area contributed by atoms with Crippen molar-refractivity contribution in [3.05, 3.63) is 64.4 Å². The maximum Gasteiger partial charge on any atom is 0.269 e. The molecule has 4 rings (SSSR count). The molecule has 1 saturated heterocycles. The van der Waals surface area contributed by atoms with Crippen molar-refractivity contribution in [1.82, 2.24) is 8.86 Å². The van der Waals surface area contributed by atoms with Crippen LogP contribution < -0.4 is 10.5 Å². The lowest BCUT2D eigenvalue weighted by Gasteiger charge is -2.42. The number of fused-ring (bicyclic) bond motifs is 1. The molecule has 1 fully saturated rings. The number of aromatic nitrogens is 1. The normalized spacial score (nSPS) is 18.5. The van der Waals surface area contributed by atoms with E-state index < -0.39 is 6.04 Å². The number of carbonyl (C=O) groups is 1. The summed E-state index contributed by atoms with van der Waals surface area (Å²) < 4.78 is 2.54. The summed E-state index contributed by atoms with van der Waals surface area (Å²) in [4.78, 5) is 30.1. The Bertz CT molecular complexity index is 1070. The number of anilines is 1. The van der Waals surface area contributed by atoms with E-state index in [0.717, 1.165) is 11.2 Å². The number of hydrogen-bond acceptors (Lipinski definition) is 4. The molecular formula is C22H25N3O2S. The predicted molar refractivity (Wildman–Crippen MR) is 115 cm³/mol. The molecule has 1 aliphatic rings. The summed E-state index contributed by atoms with van der Waals surface area (Å²) in [7, 11) is 0. The van der Waals surface area contributed by atoms with Crippen LogP contribution >= 0.6 is 11.5 Å². The van der Waals surface area contributed by atoms with Crippen LogP contribution in [0.4, 0.5) is 5.69 Å². The summed E-state index contributed by atoms with van der Waals surface area (Å²) in [6, 6.07) is 15.8. The highest BCUT2D eigenvalue weighted by molar-refractivity contribution is 7.14. The van der Waals surface area contributed by atoms with Crippen LogP contribution in [-0.4, -0.2) is 40.4 Å². The van der Waals surface area contributed by atoms with Crippen molar-refractivity contribution in [1.29, 1.82) is 0 Å². The highest BCUT2D eigenvalue weighted by atomic mass is 32.1. The molecule has 1 amide bonds. The Balaban J connectivity index is 1.51. The molecule has 0 bridgehead atoms. The van der Waals surface area contributed by atoms with Crippen LogP contribution in [0.15, 0.2) is 53.3 Å². The van der Waals surface area contributed by atoms with E-state index in [1.165, 1.54) is 22.8 Å². The van der Waals surface area contributed by atoms with Gasteiger partial charge in [-0.3, -0.25) is 13.5 Å². The number of hydrogen-bond donors (Lipinski definition) is 0. The molecule has 146 valence electrons. The number of benzene rings is 2. The molecule has 2 aromatic carbocycles. The van der Waals surface area contributed by atoms with Crippen LogP contribution in [0.2, 0.25) is 0 Å². The number of nitrogens with zero attached hydrogens (tertiary/aromatic N) is 3. The van der Waals surface area contributed by atoms with E-state index in [1.54, 1.807) is 3.96 Å². The summed E-state index contributed by atoms with van der Waals surface area (Å²) >= 11 is 1.37. The first-order chi connectivity index (χ1) is 13.5. The van der Waals surface area contributed by atoms with Crippen LogP contribution in [0.1, 0.15) is 25.5 Å². The van der Waals surface area contributed by atoms with Gasteiger partial charge in [-0.15, -0.1) is 0 Å². The van der Waals surface area contributed by atoms with Gasteiger partial charge in [0.1, 0.15) is 6.04 Å². The Morgan fingerprint density at radius 3 is 2.64 bits per heavy atom. The van der Waals surface area contributed by atoms with Gasteiger partial charge in [0.15, 0.2) is 0 Å². The van der Waals surface area contributed by atoms with E-state index in [2.05, 4.69) is 43.0 Å². The van der Waals surface area contributed by atoms with Gasteiger partial charge in [0.05, 0.1) is 10.1 Å². The summed E-state index contributed by atoms with van der Waals surface area (Å²) in [5.41, 5.74) is 2.36. The smallest absolute Gasteiger partial charge is 0.269 e. The number of carbonyl (C=O) groups excluding carboxylic acids is 1.